The molecular formula is C6H9N2. The van der Waals surface area contributed by atoms with Gasteiger partial charge >= 0.3 is 0 Å². The third-order valence-corrected chi connectivity index (χ3v) is 1.17. The highest BCUT2D eigenvalue weighted by Crippen LogP contribution is 1.94. The van der Waals surface area contributed by atoms with Crippen molar-refractivity contribution < 1.29 is 0 Å². The summed E-state index contributed by atoms with van der Waals surface area (Å²) in [5.74, 6) is 0. The Hall–Kier alpha value is -0.790. The van der Waals surface area contributed by atoms with Crippen molar-refractivity contribution in [2.75, 3.05) is 0 Å². The Balaban J connectivity index is 2.92. The molecule has 0 unspecified atom stereocenters. The van der Waals surface area contributed by atoms with E-state index in [1.165, 1.54) is 5.69 Å². The molecule has 1 radical (unpaired) electrons. The fraction of sp³-hybridized carbons (Fsp3) is 0.333. The van der Waals surface area contributed by atoms with Gasteiger partial charge in [-0.1, -0.05) is 0 Å². The number of imidazole rings is 1. The molecule has 0 fully saturated rings. The smallest absolute Gasteiger partial charge is 0.0945 e. The van der Waals surface area contributed by atoms with Crippen LogP contribution >= 0.6 is 0 Å². The number of rotatable bonds is 1. The van der Waals surface area contributed by atoms with Gasteiger partial charge in [-0.3, -0.25) is 0 Å². The van der Waals surface area contributed by atoms with Crippen LogP contribution in [0.4, 0.5) is 0 Å². The van der Waals surface area contributed by atoms with Crippen LogP contribution in [0, 0.1) is 6.92 Å². The fourth-order valence-electron chi connectivity index (χ4n) is 0.626. The van der Waals surface area contributed by atoms with E-state index in [4.69, 9.17) is 0 Å². The minimum absolute atomic E-state index is 0.816. The van der Waals surface area contributed by atoms with E-state index in [0.717, 1.165) is 6.42 Å². The lowest BCUT2D eigenvalue weighted by molar-refractivity contribution is 0.851. The summed E-state index contributed by atoms with van der Waals surface area (Å²) in [5, 5.41) is 0. The molecule has 1 aromatic rings. The summed E-state index contributed by atoms with van der Waals surface area (Å²) in [5.41, 5.74) is 1.17. The van der Waals surface area contributed by atoms with Crippen LogP contribution in [0.25, 0.3) is 0 Å². The predicted octanol–water partition coefficient (Wildman–Crippen LogP) is 0.797. The van der Waals surface area contributed by atoms with Crippen molar-refractivity contribution in [3.63, 3.8) is 0 Å². The van der Waals surface area contributed by atoms with Gasteiger partial charge in [0.1, 0.15) is 0 Å². The summed E-state index contributed by atoms with van der Waals surface area (Å²) in [7, 11) is 1.97. The molecule has 0 saturated heterocycles. The Morgan fingerprint density at radius 1 is 1.88 bits per heavy atom. The molecule has 1 aromatic heterocycles. The topological polar surface area (TPSA) is 17.8 Å². The lowest BCUT2D eigenvalue weighted by Gasteiger charge is -1.92. The number of nitrogens with zero attached hydrogens (tertiary/aromatic N) is 2. The molecule has 0 N–H and O–H groups in total. The molecule has 0 aromatic carbocycles. The Kier molecular flexibility index (Phi) is 1.33. The van der Waals surface area contributed by atoms with E-state index in [-0.39, 0.29) is 0 Å². The first kappa shape index (κ1) is 5.35. The number of aryl methyl sites for hydroxylation is 1. The molecule has 0 saturated carbocycles. The summed E-state index contributed by atoms with van der Waals surface area (Å²) >= 11 is 0. The zero-order valence-electron chi connectivity index (χ0n) is 4.96. The Bertz CT molecular complexity index is 167. The standard InChI is InChI=1S/C6H9N2/c1-3-6-4-7-5-8(6)2/h4-5H,1,3H2,2H3. The van der Waals surface area contributed by atoms with E-state index in [9.17, 15) is 0 Å². The first-order chi connectivity index (χ1) is 3.84. The average molecular weight is 109 g/mol. The molecule has 0 aliphatic carbocycles. The molecule has 1 heterocycles. The molecule has 1 rings (SSSR count). The summed E-state index contributed by atoms with van der Waals surface area (Å²) in [4.78, 5) is 3.92. The van der Waals surface area contributed by atoms with Gasteiger partial charge in [0.15, 0.2) is 0 Å². The molecule has 0 bridgehead atoms. The summed E-state index contributed by atoms with van der Waals surface area (Å²) in [6.07, 6.45) is 4.42. The van der Waals surface area contributed by atoms with Crippen LogP contribution < -0.4 is 0 Å². The normalized spacial score (nSPS) is 9.75. The SMILES string of the molecule is [CH2]Cc1cncn1C. The largest absolute Gasteiger partial charge is 0.338 e. The molecule has 2 heteroatoms. The van der Waals surface area contributed by atoms with E-state index < -0.39 is 0 Å². The van der Waals surface area contributed by atoms with Crippen LogP contribution in [0.3, 0.4) is 0 Å². The lowest BCUT2D eigenvalue weighted by Crippen LogP contribution is -1.90. The van der Waals surface area contributed by atoms with E-state index >= 15 is 0 Å². The maximum Gasteiger partial charge on any atom is 0.0945 e. The molecule has 0 spiro atoms. The lowest BCUT2D eigenvalue weighted by atomic mass is 10.4. The van der Waals surface area contributed by atoms with Gasteiger partial charge in [0.2, 0.25) is 0 Å². The van der Waals surface area contributed by atoms with Crippen LogP contribution in [0.1, 0.15) is 5.69 Å². The summed E-state index contributed by atoms with van der Waals surface area (Å²) < 4.78 is 1.97. The summed E-state index contributed by atoms with van der Waals surface area (Å²) in [6.45, 7) is 3.73. The van der Waals surface area contributed by atoms with Crippen molar-refractivity contribution >= 4 is 0 Å². The van der Waals surface area contributed by atoms with E-state index in [1.54, 1.807) is 6.33 Å². The number of hydrogen-bond donors (Lipinski definition) is 0. The minimum atomic E-state index is 0.816. The molecule has 0 aliphatic heterocycles. The monoisotopic (exact) mass is 109 g/mol. The van der Waals surface area contributed by atoms with Gasteiger partial charge in [0.05, 0.1) is 6.33 Å². The zero-order chi connectivity index (χ0) is 5.98. The number of hydrogen-bond acceptors (Lipinski definition) is 1. The third kappa shape index (κ3) is 0.735. The second kappa shape index (κ2) is 1.99. The number of aromatic nitrogens is 2. The van der Waals surface area contributed by atoms with Crippen molar-refractivity contribution in [1.29, 1.82) is 0 Å². The van der Waals surface area contributed by atoms with Crippen molar-refractivity contribution in [3.05, 3.63) is 25.1 Å². The van der Waals surface area contributed by atoms with Crippen LogP contribution in [0.5, 0.6) is 0 Å². The van der Waals surface area contributed by atoms with Gasteiger partial charge in [-0.15, -0.1) is 0 Å². The van der Waals surface area contributed by atoms with Crippen molar-refractivity contribution in [3.8, 4) is 0 Å². The highest BCUT2D eigenvalue weighted by Gasteiger charge is 1.90. The molecule has 0 aliphatic rings. The third-order valence-electron chi connectivity index (χ3n) is 1.17. The van der Waals surface area contributed by atoms with Crippen molar-refractivity contribution in [2.24, 2.45) is 7.05 Å². The van der Waals surface area contributed by atoms with Crippen LogP contribution in [-0.4, -0.2) is 9.55 Å². The van der Waals surface area contributed by atoms with Crippen LogP contribution in [0.15, 0.2) is 12.5 Å². The van der Waals surface area contributed by atoms with E-state index in [2.05, 4.69) is 11.9 Å². The first-order valence-electron chi connectivity index (χ1n) is 2.59. The maximum atomic E-state index is 3.92. The molecule has 0 atom stereocenters. The molecule has 43 valence electrons. The quantitative estimate of drug-likeness (QED) is 0.521. The second-order valence-electron chi connectivity index (χ2n) is 1.75. The van der Waals surface area contributed by atoms with E-state index in [0.29, 0.717) is 0 Å². The molecular weight excluding hydrogens is 100 g/mol. The van der Waals surface area contributed by atoms with Gasteiger partial charge in [0, 0.05) is 18.9 Å². The van der Waals surface area contributed by atoms with Crippen molar-refractivity contribution in [1.82, 2.24) is 9.55 Å². The Morgan fingerprint density at radius 2 is 2.62 bits per heavy atom. The van der Waals surface area contributed by atoms with Gasteiger partial charge in [-0.05, 0) is 13.3 Å². The average Bonchev–Trinajstić information content (AvgIpc) is 2.14. The van der Waals surface area contributed by atoms with Gasteiger partial charge in [-0.25, -0.2) is 4.98 Å². The highest BCUT2D eigenvalue weighted by molar-refractivity contribution is 4.97. The van der Waals surface area contributed by atoms with Crippen molar-refractivity contribution in [2.45, 2.75) is 6.42 Å². The minimum Gasteiger partial charge on any atom is -0.338 e. The molecule has 0 amide bonds. The summed E-state index contributed by atoms with van der Waals surface area (Å²) in [6, 6.07) is 0. The Labute approximate surface area is 49.2 Å². The first-order valence-corrected chi connectivity index (χ1v) is 2.59. The maximum absolute atomic E-state index is 3.92. The second-order valence-corrected chi connectivity index (χ2v) is 1.75. The van der Waals surface area contributed by atoms with Gasteiger partial charge in [-0.2, -0.15) is 0 Å². The Morgan fingerprint density at radius 3 is 2.88 bits per heavy atom. The van der Waals surface area contributed by atoms with Gasteiger partial charge < -0.3 is 4.57 Å². The molecule has 8 heavy (non-hydrogen) atoms. The highest BCUT2D eigenvalue weighted by atomic mass is 15.0. The van der Waals surface area contributed by atoms with Crippen LogP contribution in [-0.2, 0) is 13.5 Å². The molecule has 2 nitrogen and oxygen atoms in total. The van der Waals surface area contributed by atoms with Crippen LogP contribution in [0.2, 0.25) is 0 Å². The van der Waals surface area contributed by atoms with E-state index in [1.807, 2.05) is 17.8 Å². The fourth-order valence-corrected chi connectivity index (χ4v) is 0.626. The van der Waals surface area contributed by atoms with Gasteiger partial charge in [0.25, 0.3) is 0 Å². The predicted molar refractivity (Wildman–Crippen MR) is 32.3 cm³/mol. The zero-order valence-corrected chi connectivity index (χ0v) is 4.96.